The van der Waals surface area contributed by atoms with Crippen molar-refractivity contribution >= 4 is 52.7 Å². The number of halogens is 1. The van der Waals surface area contributed by atoms with E-state index in [9.17, 15) is 34.0 Å². The van der Waals surface area contributed by atoms with Crippen molar-refractivity contribution in [1.29, 1.82) is 5.26 Å². The Bertz CT molecular complexity index is 2250. The largest absolute Gasteiger partial charge is 0.489 e. The second-order valence-corrected chi connectivity index (χ2v) is 17.2. The maximum Gasteiger partial charge on any atom is 0.270 e. The number of nitrogens with one attached hydrogen (secondary N) is 2. The normalized spacial score (nSPS) is 23.4. The molecule has 8 rings (SSSR count). The summed E-state index contributed by atoms with van der Waals surface area (Å²) in [6, 6.07) is 12.7. The monoisotopic (exact) mass is 806 g/mol. The number of rotatable bonds is 8. The first-order valence-electron chi connectivity index (χ1n) is 19.3. The molecule has 300 valence electrons. The molecule has 5 aliphatic rings. The number of nitrogens with zero attached hydrogens (tertiary/aromatic N) is 6. The van der Waals surface area contributed by atoms with Gasteiger partial charge < -0.3 is 19.9 Å². The zero-order chi connectivity index (χ0) is 41.3. The molecule has 5 heterocycles. The number of carbonyl (C=O) groups is 6. The van der Waals surface area contributed by atoms with Crippen LogP contribution in [0.3, 0.4) is 0 Å². The molecule has 0 radical (unpaired) electrons. The third kappa shape index (κ3) is 6.73. The van der Waals surface area contributed by atoms with Gasteiger partial charge >= 0.3 is 0 Å². The number of carbonyl (C=O) groups excluding carboxylic acids is 6. The Morgan fingerprint density at radius 2 is 1.60 bits per heavy atom. The number of piperidine rings is 1. The molecule has 1 saturated carbocycles. The Morgan fingerprint density at radius 3 is 2.17 bits per heavy atom. The lowest BCUT2D eigenvalue weighted by molar-refractivity contribution is -0.164. The number of aromatic nitrogens is 1. The molecule has 1 atom stereocenters. The number of hydrogen-bond donors (Lipinski definition) is 2. The summed E-state index contributed by atoms with van der Waals surface area (Å²) in [4.78, 5) is 88.9. The molecule has 15 nitrogen and oxygen atoms in total. The number of amides is 6. The molecular weight excluding hydrogens is 764 g/mol. The van der Waals surface area contributed by atoms with Crippen LogP contribution in [0.4, 0.5) is 5.69 Å². The molecule has 6 amide bonds. The van der Waals surface area contributed by atoms with Crippen LogP contribution in [-0.4, -0.2) is 106 Å². The number of hydrogen-bond acceptors (Lipinski definition) is 11. The minimum absolute atomic E-state index is 0.0508. The smallest absolute Gasteiger partial charge is 0.270 e. The van der Waals surface area contributed by atoms with Crippen LogP contribution in [0.5, 0.6) is 5.75 Å². The van der Waals surface area contributed by atoms with Crippen LogP contribution in [0.15, 0.2) is 48.7 Å². The summed E-state index contributed by atoms with van der Waals surface area (Å²) in [6.45, 7) is 11.7. The van der Waals surface area contributed by atoms with Gasteiger partial charge in [0.1, 0.15) is 29.7 Å². The first-order chi connectivity index (χ1) is 27.6. The SMILES string of the molecule is CC1(C)C(NC(=O)c2ccc(N3CCN(CC(=O)N4Cc5cc6c(cc5C4)C(=O)N(C4CCC(=O)NC4=O)C6=O)CC3)cn2)C(C)(C)C1Oc1ccc(C#N)c(Cl)c1. The number of benzene rings is 2. The highest BCUT2D eigenvalue weighted by Crippen LogP contribution is 2.55. The fraction of sp³-hybridized carbons (Fsp3) is 0.429. The van der Waals surface area contributed by atoms with E-state index in [0.29, 0.717) is 61.3 Å². The second kappa shape index (κ2) is 14.5. The van der Waals surface area contributed by atoms with Crippen molar-refractivity contribution in [3.05, 3.63) is 87.2 Å². The summed E-state index contributed by atoms with van der Waals surface area (Å²) in [6.07, 6.45) is 1.61. The highest BCUT2D eigenvalue weighted by Gasteiger charge is 2.64. The zero-order valence-corrected chi connectivity index (χ0v) is 33.4. The van der Waals surface area contributed by atoms with Crippen LogP contribution in [0.25, 0.3) is 0 Å². The van der Waals surface area contributed by atoms with Crippen LogP contribution in [0, 0.1) is 22.2 Å². The number of fused-ring (bicyclic) bond motifs is 2. The average molecular weight is 807 g/mol. The van der Waals surface area contributed by atoms with E-state index in [1.807, 2.05) is 33.8 Å². The van der Waals surface area contributed by atoms with E-state index >= 15 is 0 Å². The molecule has 1 aliphatic carbocycles. The Hall–Kier alpha value is -5.85. The van der Waals surface area contributed by atoms with E-state index in [1.54, 1.807) is 47.5 Å². The first-order valence-corrected chi connectivity index (χ1v) is 19.7. The molecule has 1 aromatic heterocycles. The predicted molar refractivity (Wildman–Crippen MR) is 210 cm³/mol. The molecule has 3 aromatic rings. The summed E-state index contributed by atoms with van der Waals surface area (Å²) in [5.74, 6) is -1.98. The molecule has 2 aromatic carbocycles. The topological polar surface area (TPSA) is 185 Å². The van der Waals surface area contributed by atoms with Crippen molar-refractivity contribution < 1.29 is 33.5 Å². The zero-order valence-electron chi connectivity index (χ0n) is 32.6. The number of pyridine rings is 1. The van der Waals surface area contributed by atoms with Crippen molar-refractivity contribution in [2.24, 2.45) is 10.8 Å². The summed E-state index contributed by atoms with van der Waals surface area (Å²) in [5.41, 5.74) is 2.73. The van der Waals surface area contributed by atoms with Crippen molar-refractivity contribution in [3.8, 4) is 11.8 Å². The maximum absolute atomic E-state index is 13.4. The summed E-state index contributed by atoms with van der Waals surface area (Å²) < 4.78 is 6.34. The number of nitriles is 1. The van der Waals surface area contributed by atoms with Gasteiger partial charge in [0.2, 0.25) is 17.7 Å². The Labute approximate surface area is 340 Å². The van der Waals surface area contributed by atoms with Crippen molar-refractivity contribution in [3.63, 3.8) is 0 Å². The standard InChI is InChI=1S/C42H43ClN8O7/c1-41(2)39(42(3,4)40(41)58-27-7-5-23(18-44)30(43)17-27)47-35(54)31-8-6-26(19-45-31)49-13-11-48(12-14-49)22-34(53)50-20-24-15-28-29(16-25(24)21-50)38(57)51(37(28)56)32-9-10-33(52)46-36(32)55/h5-8,15-17,19,32,39-40H,9-14,20-22H2,1-4H3,(H,47,54)(H,46,52,55). The van der Waals surface area contributed by atoms with E-state index in [2.05, 4.69) is 31.5 Å². The molecular formula is C42H43ClN8O7. The lowest BCUT2D eigenvalue weighted by Crippen LogP contribution is -2.74. The molecule has 0 spiro atoms. The van der Waals surface area contributed by atoms with E-state index in [1.165, 1.54) is 0 Å². The van der Waals surface area contributed by atoms with E-state index < -0.39 is 40.5 Å². The molecule has 2 saturated heterocycles. The quantitative estimate of drug-likeness (QED) is 0.319. The molecule has 3 fully saturated rings. The van der Waals surface area contributed by atoms with Crippen molar-refractivity contribution in [2.45, 2.75) is 71.8 Å². The van der Waals surface area contributed by atoms with E-state index in [-0.39, 0.29) is 54.5 Å². The Balaban J connectivity index is 0.815. The van der Waals surface area contributed by atoms with Crippen LogP contribution < -0.4 is 20.3 Å². The fourth-order valence-electron chi connectivity index (χ4n) is 9.51. The maximum atomic E-state index is 13.4. The summed E-state index contributed by atoms with van der Waals surface area (Å²) in [5, 5.41) is 14.9. The van der Waals surface area contributed by atoms with Gasteiger partial charge in [0.15, 0.2) is 0 Å². The number of piperazine rings is 1. The van der Waals surface area contributed by atoms with E-state index in [0.717, 1.165) is 21.7 Å². The Morgan fingerprint density at radius 1 is 0.948 bits per heavy atom. The molecule has 2 N–H and O–H groups in total. The van der Waals surface area contributed by atoms with Crippen LogP contribution in [0.2, 0.25) is 5.02 Å². The van der Waals surface area contributed by atoms with Gasteiger partial charge in [0.05, 0.1) is 40.1 Å². The van der Waals surface area contributed by atoms with Gasteiger partial charge in [-0.3, -0.25) is 43.9 Å². The van der Waals surface area contributed by atoms with Gasteiger partial charge in [-0.15, -0.1) is 0 Å². The van der Waals surface area contributed by atoms with Gasteiger partial charge in [-0.1, -0.05) is 39.3 Å². The molecule has 1 unspecified atom stereocenters. The van der Waals surface area contributed by atoms with Gasteiger partial charge in [-0.05, 0) is 53.9 Å². The van der Waals surface area contributed by atoms with Crippen molar-refractivity contribution in [1.82, 2.24) is 30.3 Å². The number of anilines is 1. The molecule has 0 bridgehead atoms. The predicted octanol–water partition coefficient (Wildman–Crippen LogP) is 3.28. The third-order valence-electron chi connectivity index (χ3n) is 12.3. The van der Waals surface area contributed by atoms with Gasteiger partial charge in [0.25, 0.3) is 17.7 Å². The van der Waals surface area contributed by atoms with Gasteiger partial charge in [0, 0.05) is 68.6 Å². The summed E-state index contributed by atoms with van der Waals surface area (Å²) >= 11 is 6.23. The number of imide groups is 2. The van der Waals surface area contributed by atoms with Crippen LogP contribution in [0.1, 0.15) is 88.4 Å². The second-order valence-electron chi connectivity index (χ2n) is 16.8. The van der Waals surface area contributed by atoms with Gasteiger partial charge in [-0.25, -0.2) is 4.98 Å². The summed E-state index contributed by atoms with van der Waals surface area (Å²) in [7, 11) is 0. The molecule has 16 heteroatoms. The third-order valence-corrected chi connectivity index (χ3v) is 12.7. The van der Waals surface area contributed by atoms with Crippen LogP contribution >= 0.6 is 11.6 Å². The van der Waals surface area contributed by atoms with Gasteiger partial charge in [-0.2, -0.15) is 5.26 Å². The lowest BCUT2D eigenvalue weighted by Gasteiger charge is -2.63. The van der Waals surface area contributed by atoms with Crippen LogP contribution in [-0.2, 0) is 27.5 Å². The Kier molecular flexibility index (Phi) is 9.76. The van der Waals surface area contributed by atoms with E-state index in [4.69, 9.17) is 16.3 Å². The highest BCUT2D eigenvalue weighted by atomic mass is 35.5. The highest BCUT2D eigenvalue weighted by molar-refractivity contribution is 6.31. The molecule has 4 aliphatic heterocycles. The lowest BCUT2D eigenvalue weighted by atomic mass is 9.49. The average Bonchev–Trinajstić information content (AvgIpc) is 3.72. The first kappa shape index (κ1) is 39.0. The minimum atomic E-state index is -1.03. The number of ether oxygens (including phenoxy) is 1. The fourth-order valence-corrected chi connectivity index (χ4v) is 9.72. The molecule has 58 heavy (non-hydrogen) atoms. The van der Waals surface area contributed by atoms with Crippen molar-refractivity contribution in [2.75, 3.05) is 37.6 Å². The minimum Gasteiger partial charge on any atom is -0.489 e.